The number of furan rings is 1. The van der Waals surface area contributed by atoms with Gasteiger partial charge in [0.25, 0.3) is 5.91 Å². The fraction of sp³-hybridized carbons (Fsp3) is 0.100. The molecule has 0 radical (unpaired) electrons. The second-order valence-corrected chi connectivity index (χ2v) is 3.59. The van der Waals surface area contributed by atoms with Gasteiger partial charge in [0.05, 0.1) is 11.6 Å². The van der Waals surface area contributed by atoms with E-state index in [0.717, 1.165) is 5.39 Å². The zero-order valence-electron chi connectivity index (χ0n) is 8.19. The Morgan fingerprint density at radius 2 is 2.25 bits per heavy atom. The lowest BCUT2D eigenvalue weighted by Crippen LogP contribution is -2.41. The van der Waals surface area contributed by atoms with E-state index in [4.69, 9.17) is 20.7 Å². The summed E-state index contributed by atoms with van der Waals surface area (Å²) in [4.78, 5) is 16.5. The minimum atomic E-state index is -0.817. The molecule has 0 bridgehead atoms. The monoisotopic (exact) mass is 219 g/mol. The number of nitrogens with two attached hydrogens (primary N) is 2. The maximum absolute atomic E-state index is 11.3. The summed E-state index contributed by atoms with van der Waals surface area (Å²) in [6.07, 6.45) is 1.52. The molecule has 1 aromatic carbocycles. The van der Waals surface area contributed by atoms with Gasteiger partial charge in [0, 0.05) is 17.3 Å². The largest absolute Gasteiger partial charge is 0.464 e. The minimum Gasteiger partial charge on any atom is -0.464 e. The number of carbonyl (C=O) groups is 1. The third-order valence-electron chi connectivity index (χ3n) is 2.63. The van der Waals surface area contributed by atoms with E-state index in [1.807, 2.05) is 0 Å². The number of anilines is 1. The van der Waals surface area contributed by atoms with Crippen LogP contribution in [0.2, 0.25) is 0 Å². The zero-order valence-corrected chi connectivity index (χ0v) is 8.19. The maximum atomic E-state index is 11.3. The van der Waals surface area contributed by atoms with Crippen molar-refractivity contribution in [3.8, 4) is 5.75 Å². The van der Waals surface area contributed by atoms with Crippen molar-refractivity contribution in [1.29, 1.82) is 0 Å². The summed E-state index contributed by atoms with van der Waals surface area (Å²) in [5, 5.41) is 0.736. The summed E-state index contributed by atoms with van der Waals surface area (Å²) in [7, 11) is 0. The lowest BCUT2D eigenvalue weighted by atomic mass is 10.0. The van der Waals surface area contributed by atoms with Gasteiger partial charge in [0.15, 0.2) is 5.75 Å². The highest BCUT2D eigenvalue weighted by Gasteiger charge is 2.30. The van der Waals surface area contributed by atoms with E-state index in [9.17, 15) is 4.79 Å². The van der Waals surface area contributed by atoms with Gasteiger partial charge in [-0.25, -0.2) is 0 Å². The van der Waals surface area contributed by atoms with E-state index in [1.165, 1.54) is 6.26 Å². The van der Waals surface area contributed by atoms with Gasteiger partial charge in [-0.15, -0.1) is 0 Å². The van der Waals surface area contributed by atoms with Crippen LogP contribution in [0.4, 0.5) is 5.69 Å². The summed E-state index contributed by atoms with van der Waals surface area (Å²) in [5.74, 6) is 0.0397. The average molecular weight is 219 g/mol. The first-order valence-corrected chi connectivity index (χ1v) is 4.70. The fourth-order valence-electron chi connectivity index (χ4n) is 1.84. The van der Waals surface area contributed by atoms with Crippen molar-refractivity contribution in [2.45, 2.75) is 6.04 Å². The average Bonchev–Trinajstić information content (AvgIpc) is 2.70. The van der Waals surface area contributed by atoms with Crippen molar-refractivity contribution in [3.63, 3.8) is 0 Å². The molecule has 16 heavy (non-hydrogen) atoms. The number of benzene rings is 1. The molecular weight excluding hydrogens is 210 g/mol. The van der Waals surface area contributed by atoms with Crippen molar-refractivity contribution in [1.82, 2.24) is 5.48 Å². The molecule has 3 rings (SSSR count). The van der Waals surface area contributed by atoms with Gasteiger partial charge in [-0.1, -0.05) is 0 Å². The number of amides is 1. The van der Waals surface area contributed by atoms with Gasteiger partial charge in [-0.05, 0) is 6.07 Å². The lowest BCUT2D eigenvalue weighted by Gasteiger charge is -2.23. The van der Waals surface area contributed by atoms with Gasteiger partial charge in [0.2, 0.25) is 0 Å². The van der Waals surface area contributed by atoms with Crippen molar-refractivity contribution >= 4 is 22.6 Å². The van der Waals surface area contributed by atoms with E-state index in [1.54, 1.807) is 12.1 Å². The molecule has 0 saturated carbocycles. The Morgan fingerprint density at radius 3 is 3.06 bits per heavy atom. The highest BCUT2D eigenvalue weighted by atomic mass is 16.7. The Bertz CT molecular complexity index is 590. The van der Waals surface area contributed by atoms with Gasteiger partial charge in [-0.3, -0.25) is 4.79 Å². The molecule has 2 aromatic rings. The molecule has 0 spiro atoms. The van der Waals surface area contributed by atoms with E-state index in [0.29, 0.717) is 22.6 Å². The number of hydrogen-bond acceptors (Lipinski definition) is 5. The number of fused-ring (bicyclic) bond motifs is 3. The minimum absolute atomic E-state index is 0.389. The molecule has 5 N–H and O–H groups in total. The maximum Gasteiger partial charge on any atom is 0.274 e. The number of hydrogen-bond donors (Lipinski definition) is 3. The van der Waals surface area contributed by atoms with Gasteiger partial charge >= 0.3 is 0 Å². The Labute approximate surface area is 90.1 Å². The summed E-state index contributed by atoms with van der Waals surface area (Å²) in [6.45, 7) is 0. The standard InChI is InChI=1S/C10H9N3O3/c11-5-3-6-4(1-2-15-6)9-7(5)8(12)10(14)13-16-9/h1-3,8H,11-12H2,(H,13,14). The normalized spacial score (nSPS) is 19.1. The Balaban J connectivity index is 2.37. The number of nitrogens with one attached hydrogen (secondary N) is 1. The SMILES string of the molecule is Nc1cc2occc2c2c1C(N)C(=O)NO2. The van der Waals surface area contributed by atoms with E-state index >= 15 is 0 Å². The summed E-state index contributed by atoms with van der Waals surface area (Å²) in [6, 6.07) is 2.55. The molecule has 1 amide bonds. The molecule has 0 fully saturated rings. The molecule has 1 aliphatic rings. The quantitative estimate of drug-likeness (QED) is 0.558. The molecule has 1 aliphatic heterocycles. The van der Waals surface area contributed by atoms with Gasteiger partial charge in [-0.2, -0.15) is 5.48 Å². The molecule has 2 heterocycles. The predicted molar refractivity (Wildman–Crippen MR) is 56.3 cm³/mol. The van der Waals surface area contributed by atoms with Crippen LogP contribution < -0.4 is 21.8 Å². The van der Waals surface area contributed by atoms with Crippen molar-refractivity contribution in [3.05, 3.63) is 24.0 Å². The van der Waals surface area contributed by atoms with E-state index in [2.05, 4.69) is 5.48 Å². The second kappa shape index (κ2) is 2.89. The van der Waals surface area contributed by atoms with Crippen molar-refractivity contribution in [2.75, 3.05) is 5.73 Å². The van der Waals surface area contributed by atoms with Crippen LogP contribution in [0.25, 0.3) is 11.0 Å². The Hall–Kier alpha value is -2.21. The van der Waals surface area contributed by atoms with Crippen LogP contribution in [0.15, 0.2) is 22.8 Å². The van der Waals surface area contributed by atoms with Crippen LogP contribution in [0.3, 0.4) is 0 Å². The Morgan fingerprint density at radius 1 is 1.44 bits per heavy atom. The highest BCUT2D eigenvalue weighted by Crippen LogP contribution is 2.39. The van der Waals surface area contributed by atoms with Crippen LogP contribution >= 0.6 is 0 Å². The fourth-order valence-corrected chi connectivity index (χ4v) is 1.84. The molecule has 0 saturated heterocycles. The second-order valence-electron chi connectivity index (χ2n) is 3.59. The Kier molecular flexibility index (Phi) is 1.64. The molecule has 6 heteroatoms. The molecule has 0 aliphatic carbocycles. The molecule has 82 valence electrons. The first kappa shape index (κ1) is 9.05. The van der Waals surface area contributed by atoms with Gasteiger partial charge in [0.1, 0.15) is 11.6 Å². The van der Waals surface area contributed by atoms with E-state index in [-0.39, 0.29) is 0 Å². The summed E-state index contributed by atoms with van der Waals surface area (Å²) < 4.78 is 5.21. The van der Waals surface area contributed by atoms with Crippen LogP contribution in [0, 0.1) is 0 Å². The predicted octanol–water partition coefficient (Wildman–Crippen LogP) is 0.438. The van der Waals surface area contributed by atoms with Gasteiger partial charge < -0.3 is 20.7 Å². The first-order chi connectivity index (χ1) is 7.68. The number of carbonyl (C=O) groups excluding carboxylic acids is 1. The third kappa shape index (κ3) is 1.01. The van der Waals surface area contributed by atoms with Crippen LogP contribution in [0.5, 0.6) is 5.75 Å². The molecule has 1 atom stereocenters. The first-order valence-electron chi connectivity index (χ1n) is 4.70. The number of rotatable bonds is 0. The van der Waals surface area contributed by atoms with Crippen molar-refractivity contribution < 1.29 is 14.0 Å². The van der Waals surface area contributed by atoms with Crippen LogP contribution in [-0.2, 0) is 4.79 Å². The topological polar surface area (TPSA) is 104 Å². The summed E-state index contributed by atoms with van der Waals surface area (Å²) >= 11 is 0. The molecular formula is C10H9N3O3. The van der Waals surface area contributed by atoms with Crippen molar-refractivity contribution in [2.24, 2.45) is 5.73 Å². The zero-order chi connectivity index (χ0) is 11.3. The van der Waals surface area contributed by atoms with E-state index < -0.39 is 11.9 Å². The lowest BCUT2D eigenvalue weighted by molar-refractivity contribution is -0.130. The molecule has 1 aromatic heterocycles. The smallest absolute Gasteiger partial charge is 0.274 e. The number of nitrogen functional groups attached to an aromatic ring is 1. The van der Waals surface area contributed by atoms with Crippen LogP contribution in [0.1, 0.15) is 11.6 Å². The van der Waals surface area contributed by atoms with Crippen LogP contribution in [-0.4, -0.2) is 5.91 Å². The number of hydroxylamine groups is 1. The highest BCUT2D eigenvalue weighted by molar-refractivity contribution is 5.95. The molecule has 6 nitrogen and oxygen atoms in total. The summed E-state index contributed by atoms with van der Waals surface area (Å²) in [5.41, 5.74) is 15.3. The molecule has 1 unspecified atom stereocenters. The third-order valence-corrected chi connectivity index (χ3v) is 2.63.